The van der Waals surface area contributed by atoms with E-state index in [-0.39, 0.29) is 17.9 Å². The highest BCUT2D eigenvalue weighted by Crippen LogP contribution is 2.30. The van der Waals surface area contributed by atoms with Crippen LogP contribution in [0.5, 0.6) is 0 Å². The van der Waals surface area contributed by atoms with Crippen LogP contribution in [0.1, 0.15) is 12.8 Å². The number of anilines is 2. The highest BCUT2D eigenvalue weighted by Gasteiger charge is 2.41. The van der Waals surface area contributed by atoms with Crippen LogP contribution >= 0.6 is 15.9 Å². The third kappa shape index (κ3) is 1.92. The van der Waals surface area contributed by atoms with Crippen LogP contribution in [0.15, 0.2) is 10.7 Å². The molecule has 3 heterocycles. The summed E-state index contributed by atoms with van der Waals surface area (Å²) in [7, 11) is 0. The summed E-state index contributed by atoms with van der Waals surface area (Å²) in [5, 5.41) is 2.91. The number of nitrogen functional groups attached to an aromatic ring is 1. The van der Waals surface area contributed by atoms with Crippen LogP contribution < -0.4 is 16.0 Å². The minimum absolute atomic E-state index is 0.0579. The lowest BCUT2D eigenvalue weighted by Crippen LogP contribution is -2.46. The molecule has 7 heteroatoms. The van der Waals surface area contributed by atoms with Gasteiger partial charge in [0.25, 0.3) is 0 Å². The summed E-state index contributed by atoms with van der Waals surface area (Å²) in [5.41, 5.74) is 5.74. The molecule has 1 amide bonds. The van der Waals surface area contributed by atoms with Crippen molar-refractivity contribution in [2.24, 2.45) is 5.92 Å². The minimum Gasteiger partial charge on any atom is -0.383 e. The van der Waals surface area contributed by atoms with E-state index in [0.29, 0.717) is 22.9 Å². The van der Waals surface area contributed by atoms with Crippen molar-refractivity contribution in [3.63, 3.8) is 0 Å². The van der Waals surface area contributed by atoms with Crippen LogP contribution in [0.3, 0.4) is 0 Å². The topological polar surface area (TPSA) is 84.1 Å². The van der Waals surface area contributed by atoms with E-state index in [1.807, 2.05) is 0 Å². The Kier molecular flexibility index (Phi) is 2.85. The predicted octanol–water partition coefficient (Wildman–Crippen LogP) is 0.536. The normalized spacial score (nSPS) is 26.9. The lowest BCUT2D eigenvalue weighted by molar-refractivity contribution is -0.122. The zero-order valence-electron chi connectivity index (χ0n) is 9.77. The molecule has 3 N–H and O–H groups in total. The number of hydrogen-bond donors (Lipinski definition) is 2. The Morgan fingerprint density at radius 2 is 2.33 bits per heavy atom. The molecule has 0 radical (unpaired) electrons. The molecule has 1 aromatic rings. The van der Waals surface area contributed by atoms with Gasteiger partial charge in [-0.05, 0) is 28.8 Å². The zero-order valence-corrected chi connectivity index (χ0v) is 11.4. The number of halogens is 1. The molecule has 2 fully saturated rings. The molecular formula is C11H14BrN5O. The maximum absolute atomic E-state index is 11.7. The van der Waals surface area contributed by atoms with Gasteiger partial charge in [-0.25, -0.2) is 4.98 Å². The van der Waals surface area contributed by atoms with Crippen molar-refractivity contribution in [1.82, 2.24) is 15.3 Å². The fraction of sp³-hybridized carbons (Fsp3) is 0.545. The average molecular weight is 312 g/mol. The van der Waals surface area contributed by atoms with Gasteiger partial charge in [-0.3, -0.25) is 4.79 Å². The van der Waals surface area contributed by atoms with E-state index in [0.717, 1.165) is 19.4 Å². The molecule has 0 saturated carbocycles. The lowest BCUT2D eigenvalue weighted by atomic mass is 9.92. The monoisotopic (exact) mass is 311 g/mol. The maximum atomic E-state index is 11.7. The number of amides is 1. The summed E-state index contributed by atoms with van der Waals surface area (Å²) in [6.07, 6.45) is 1.92. The van der Waals surface area contributed by atoms with Gasteiger partial charge in [0, 0.05) is 19.2 Å². The number of rotatable bonds is 1. The van der Waals surface area contributed by atoms with Crippen molar-refractivity contribution < 1.29 is 4.79 Å². The first-order chi connectivity index (χ1) is 8.65. The summed E-state index contributed by atoms with van der Waals surface area (Å²) in [6, 6.07) is 1.82. The number of nitrogens with zero attached hydrogens (tertiary/aromatic N) is 3. The molecule has 2 unspecified atom stereocenters. The van der Waals surface area contributed by atoms with Crippen molar-refractivity contribution in [2.75, 3.05) is 23.7 Å². The highest BCUT2D eigenvalue weighted by molar-refractivity contribution is 9.10. The van der Waals surface area contributed by atoms with E-state index in [1.54, 1.807) is 6.07 Å². The van der Waals surface area contributed by atoms with Gasteiger partial charge in [0.05, 0.1) is 12.0 Å². The fourth-order valence-corrected chi connectivity index (χ4v) is 3.14. The molecule has 0 bridgehead atoms. The molecule has 0 aliphatic carbocycles. The van der Waals surface area contributed by atoms with Crippen molar-refractivity contribution in [2.45, 2.75) is 18.9 Å². The number of aromatic nitrogens is 2. The number of carbonyl (C=O) groups is 1. The predicted molar refractivity (Wildman–Crippen MR) is 71.0 cm³/mol. The summed E-state index contributed by atoms with van der Waals surface area (Å²) < 4.78 is 0.671. The molecule has 6 nitrogen and oxygen atoms in total. The Labute approximate surface area is 113 Å². The Hall–Kier alpha value is -1.37. The quantitative estimate of drug-likeness (QED) is 0.739. The van der Waals surface area contributed by atoms with Crippen LogP contribution in [0.4, 0.5) is 11.8 Å². The molecule has 2 aliphatic heterocycles. The molecule has 0 aromatic carbocycles. The summed E-state index contributed by atoms with van der Waals surface area (Å²) in [4.78, 5) is 22.4. The van der Waals surface area contributed by atoms with Crippen molar-refractivity contribution >= 4 is 33.6 Å². The Morgan fingerprint density at radius 3 is 3.11 bits per heavy atom. The van der Waals surface area contributed by atoms with Gasteiger partial charge in [0.1, 0.15) is 10.4 Å². The first-order valence-corrected chi connectivity index (χ1v) is 6.79. The second kappa shape index (κ2) is 4.38. The molecule has 2 aliphatic rings. The number of nitrogens with two attached hydrogens (primary N) is 1. The van der Waals surface area contributed by atoms with E-state index in [1.165, 1.54) is 0 Å². The van der Waals surface area contributed by atoms with Gasteiger partial charge in [0.15, 0.2) is 0 Å². The molecule has 3 rings (SSSR count). The summed E-state index contributed by atoms with van der Waals surface area (Å²) in [6.45, 7) is 1.53. The number of carbonyl (C=O) groups excluding carboxylic acids is 1. The van der Waals surface area contributed by atoms with Gasteiger partial charge >= 0.3 is 0 Å². The van der Waals surface area contributed by atoms with Gasteiger partial charge in [-0.2, -0.15) is 4.98 Å². The standard InChI is InChI=1S/C11H14BrN5O/c12-8-4-9(13)16-11(15-8)17-3-1-2-6-7(17)5-14-10(6)18/h4,6-7H,1-3,5H2,(H,14,18)(H2,13,15,16). The number of nitrogens with one attached hydrogen (secondary N) is 1. The largest absolute Gasteiger partial charge is 0.383 e. The van der Waals surface area contributed by atoms with E-state index in [9.17, 15) is 4.79 Å². The van der Waals surface area contributed by atoms with E-state index in [4.69, 9.17) is 5.73 Å². The van der Waals surface area contributed by atoms with Crippen LogP contribution in [0.25, 0.3) is 0 Å². The molecule has 2 saturated heterocycles. The van der Waals surface area contributed by atoms with Crippen LogP contribution in [-0.4, -0.2) is 35.0 Å². The third-order valence-electron chi connectivity index (χ3n) is 3.56. The van der Waals surface area contributed by atoms with Crippen LogP contribution in [0, 0.1) is 5.92 Å². The van der Waals surface area contributed by atoms with Crippen LogP contribution in [-0.2, 0) is 4.79 Å². The molecular weight excluding hydrogens is 298 g/mol. The summed E-state index contributed by atoms with van der Waals surface area (Å²) >= 11 is 3.32. The molecule has 2 atom stereocenters. The third-order valence-corrected chi connectivity index (χ3v) is 3.97. The van der Waals surface area contributed by atoms with E-state index in [2.05, 4.69) is 36.1 Å². The van der Waals surface area contributed by atoms with Crippen LogP contribution in [0.2, 0.25) is 0 Å². The number of hydrogen-bond acceptors (Lipinski definition) is 5. The van der Waals surface area contributed by atoms with Crippen molar-refractivity contribution in [1.29, 1.82) is 0 Å². The second-order valence-corrected chi connectivity index (χ2v) is 5.48. The Balaban J connectivity index is 1.93. The van der Waals surface area contributed by atoms with Gasteiger partial charge < -0.3 is 16.0 Å². The zero-order chi connectivity index (χ0) is 12.7. The SMILES string of the molecule is Nc1cc(Br)nc(N2CCCC3C(=O)NCC32)n1. The Morgan fingerprint density at radius 1 is 1.50 bits per heavy atom. The minimum atomic E-state index is 0.0579. The Bertz CT molecular complexity index is 474. The highest BCUT2D eigenvalue weighted by atomic mass is 79.9. The molecule has 1 aromatic heterocycles. The summed E-state index contributed by atoms with van der Waals surface area (Å²) in [5.74, 6) is 1.24. The maximum Gasteiger partial charge on any atom is 0.228 e. The molecule has 0 spiro atoms. The fourth-order valence-electron chi connectivity index (χ4n) is 2.75. The van der Waals surface area contributed by atoms with Crippen molar-refractivity contribution in [3.05, 3.63) is 10.7 Å². The van der Waals surface area contributed by atoms with Gasteiger partial charge in [0.2, 0.25) is 11.9 Å². The van der Waals surface area contributed by atoms with Crippen molar-refractivity contribution in [3.8, 4) is 0 Å². The average Bonchev–Trinajstić information content (AvgIpc) is 2.70. The number of piperidine rings is 1. The van der Waals surface area contributed by atoms with Gasteiger partial charge in [-0.1, -0.05) is 0 Å². The van der Waals surface area contributed by atoms with Gasteiger partial charge in [-0.15, -0.1) is 0 Å². The lowest BCUT2D eigenvalue weighted by Gasteiger charge is -2.35. The molecule has 96 valence electrons. The molecule has 18 heavy (non-hydrogen) atoms. The first-order valence-electron chi connectivity index (χ1n) is 5.99. The smallest absolute Gasteiger partial charge is 0.228 e. The van der Waals surface area contributed by atoms with E-state index >= 15 is 0 Å². The number of fused-ring (bicyclic) bond motifs is 1. The first kappa shape index (κ1) is 11.7. The van der Waals surface area contributed by atoms with E-state index < -0.39 is 0 Å². The second-order valence-electron chi connectivity index (χ2n) is 4.67.